The van der Waals surface area contributed by atoms with Crippen molar-refractivity contribution in [1.29, 1.82) is 0 Å². The minimum atomic E-state index is -0.521. The lowest BCUT2D eigenvalue weighted by atomic mass is 10.0. The highest BCUT2D eigenvalue weighted by atomic mass is 16.2. The van der Waals surface area contributed by atoms with Gasteiger partial charge in [0.1, 0.15) is 5.69 Å². The second-order valence-corrected chi connectivity index (χ2v) is 7.39. The molecule has 4 rings (SSSR count). The van der Waals surface area contributed by atoms with Crippen LogP contribution < -0.4 is 21.3 Å². The number of nitrogens with one attached hydrogen (secondary N) is 3. The first-order valence-electron chi connectivity index (χ1n) is 9.79. The van der Waals surface area contributed by atoms with Gasteiger partial charge in [0.15, 0.2) is 0 Å². The molecule has 0 radical (unpaired) electrons. The summed E-state index contributed by atoms with van der Waals surface area (Å²) in [5.41, 5.74) is 10.7. The number of hydrogen-bond donors (Lipinski definition) is 4. The normalized spacial score (nSPS) is 10.6. The van der Waals surface area contributed by atoms with Crippen LogP contribution in [0.3, 0.4) is 0 Å². The molecule has 0 aliphatic carbocycles. The smallest absolute Gasteiger partial charge is 0.323 e. The number of fused-ring (bicyclic) bond motifs is 1. The lowest BCUT2D eigenvalue weighted by Gasteiger charge is -2.14. The Kier molecular flexibility index (Phi) is 5.32. The van der Waals surface area contributed by atoms with E-state index in [1.807, 2.05) is 79.7 Å². The van der Waals surface area contributed by atoms with Gasteiger partial charge in [-0.2, -0.15) is 0 Å². The van der Waals surface area contributed by atoms with Crippen molar-refractivity contribution in [2.45, 2.75) is 0 Å². The largest absolute Gasteiger partial charge is 0.378 e. The lowest BCUT2D eigenvalue weighted by molar-refractivity contribution is 0.0997. The molecule has 0 aliphatic rings. The van der Waals surface area contributed by atoms with Gasteiger partial charge >= 0.3 is 6.03 Å². The molecule has 4 aromatic rings. The number of hydrogen-bond acceptors (Lipinski definition) is 3. The Morgan fingerprint density at radius 2 is 1.58 bits per heavy atom. The number of H-pyrrole nitrogens is 1. The summed E-state index contributed by atoms with van der Waals surface area (Å²) in [6.45, 7) is 0. The Balaban J connectivity index is 1.54. The number of carbonyl (C=O) groups is 2. The number of primary amides is 1. The summed E-state index contributed by atoms with van der Waals surface area (Å²) in [5.74, 6) is -0.521. The molecular weight excluding hydrogens is 390 g/mol. The Bertz CT molecular complexity index is 1260. The molecule has 0 aliphatic heterocycles. The zero-order chi connectivity index (χ0) is 22.0. The molecule has 0 fully saturated rings. The van der Waals surface area contributed by atoms with E-state index in [1.54, 1.807) is 12.1 Å². The first-order chi connectivity index (χ1) is 14.9. The number of para-hydroxylation sites is 1. The van der Waals surface area contributed by atoms with Crippen LogP contribution in [0.4, 0.5) is 21.9 Å². The van der Waals surface area contributed by atoms with Crippen LogP contribution in [-0.4, -0.2) is 31.0 Å². The quantitative estimate of drug-likeness (QED) is 0.383. The lowest BCUT2D eigenvalue weighted by Crippen LogP contribution is -2.19. The zero-order valence-corrected chi connectivity index (χ0v) is 17.3. The first-order valence-corrected chi connectivity index (χ1v) is 9.79. The Morgan fingerprint density at radius 1 is 0.871 bits per heavy atom. The number of aromatic amines is 1. The van der Waals surface area contributed by atoms with Gasteiger partial charge in [-0.15, -0.1) is 0 Å². The molecule has 3 aromatic carbocycles. The summed E-state index contributed by atoms with van der Waals surface area (Å²) < 4.78 is 0. The van der Waals surface area contributed by atoms with Gasteiger partial charge in [-0.1, -0.05) is 36.4 Å². The van der Waals surface area contributed by atoms with E-state index in [2.05, 4.69) is 15.6 Å². The second-order valence-electron chi connectivity index (χ2n) is 7.39. The second kappa shape index (κ2) is 8.23. The molecule has 0 spiro atoms. The van der Waals surface area contributed by atoms with Crippen LogP contribution in [0.15, 0.2) is 72.8 Å². The summed E-state index contributed by atoms with van der Waals surface area (Å²) in [6.07, 6.45) is 0. The van der Waals surface area contributed by atoms with Crippen LogP contribution in [0.5, 0.6) is 0 Å². The number of carbonyl (C=O) groups excluding carboxylic acids is 2. The SMILES string of the molecule is CN(C)c1cccc(NC(=O)Nc2ccc(-c3c(C(N)=O)[nH]c4ccccc34)cc2)c1. The van der Waals surface area contributed by atoms with Gasteiger partial charge in [-0.3, -0.25) is 4.79 Å². The summed E-state index contributed by atoms with van der Waals surface area (Å²) >= 11 is 0. The fourth-order valence-corrected chi connectivity index (χ4v) is 3.50. The molecule has 0 saturated heterocycles. The molecule has 0 bridgehead atoms. The summed E-state index contributed by atoms with van der Waals surface area (Å²) in [4.78, 5) is 29.4. The number of amides is 3. The van der Waals surface area contributed by atoms with Crippen molar-refractivity contribution in [3.05, 3.63) is 78.5 Å². The number of benzene rings is 3. The maximum atomic E-state index is 12.4. The van der Waals surface area contributed by atoms with Crippen molar-refractivity contribution >= 4 is 39.9 Å². The highest BCUT2D eigenvalue weighted by molar-refractivity contribution is 6.09. The first kappa shape index (κ1) is 20.0. The number of aromatic nitrogens is 1. The molecule has 31 heavy (non-hydrogen) atoms. The molecule has 0 saturated carbocycles. The molecule has 0 atom stereocenters. The molecule has 156 valence electrons. The highest BCUT2D eigenvalue weighted by Crippen LogP contribution is 2.33. The standard InChI is InChI=1S/C24H23N5O2/c1-29(2)18-7-5-6-17(14-18)27-24(31)26-16-12-10-15(11-13-16)21-19-8-3-4-9-20(19)28-22(21)23(25)30/h3-14,28H,1-2H3,(H2,25,30)(H2,26,27,31). The van der Waals surface area contributed by atoms with Crippen LogP contribution in [-0.2, 0) is 0 Å². The molecule has 1 aromatic heterocycles. The Labute approximate surface area is 179 Å². The van der Waals surface area contributed by atoms with Gasteiger partial charge < -0.3 is 26.3 Å². The molecule has 7 nitrogen and oxygen atoms in total. The number of urea groups is 1. The minimum Gasteiger partial charge on any atom is -0.378 e. The van der Waals surface area contributed by atoms with Crippen LogP contribution >= 0.6 is 0 Å². The number of rotatable bonds is 5. The number of nitrogens with zero attached hydrogens (tertiary/aromatic N) is 1. The molecule has 5 N–H and O–H groups in total. The van der Waals surface area contributed by atoms with Crippen LogP contribution in [0.1, 0.15) is 10.5 Å². The van der Waals surface area contributed by atoms with Gasteiger partial charge in [0.25, 0.3) is 5.91 Å². The topological polar surface area (TPSA) is 103 Å². The van der Waals surface area contributed by atoms with Crippen molar-refractivity contribution in [2.75, 3.05) is 29.6 Å². The summed E-state index contributed by atoms with van der Waals surface area (Å²) in [6, 6.07) is 22.2. The molecule has 0 unspecified atom stereocenters. The zero-order valence-electron chi connectivity index (χ0n) is 17.3. The van der Waals surface area contributed by atoms with Crippen LogP contribution in [0.2, 0.25) is 0 Å². The predicted molar refractivity (Wildman–Crippen MR) is 126 cm³/mol. The van der Waals surface area contributed by atoms with E-state index in [4.69, 9.17) is 5.73 Å². The molecule has 7 heteroatoms. The van der Waals surface area contributed by atoms with E-state index < -0.39 is 5.91 Å². The monoisotopic (exact) mass is 413 g/mol. The van der Waals surface area contributed by atoms with E-state index in [-0.39, 0.29) is 6.03 Å². The van der Waals surface area contributed by atoms with Gasteiger partial charge in [0.05, 0.1) is 0 Å². The third kappa shape index (κ3) is 4.20. The predicted octanol–water partition coefficient (Wildman–Crippen LogP) is 4.64. The molecule has 3 amide bonds. The highest BCUT2D eigenvalue weighted by Gasteiger charge is 2.17. The van der Waals surface area contributed by atoms with Crippen molar-refractivity contribution < 1.29 is 9.59 Å². The third-order valence-corrected chi connectivity index (χ3v) is 5.00. The number of nitrogens with two attached hydrogens (primary N) is 1. The summed E-state index contributed by atoms with van der Waals surface area (Å²) in [7, 11) is 3.89. The maximum absolute atomic E-state index is 12.4. The van der Waals surface area contributed by atoms with E-state index in [9.17, 15) is 9.59 Å². The van der Waals surface area contributed by atoms with Gasteiger partial charge in [-0.25, -0.2) is 4.79 Å². The van der Waals surface area contributed by atoms with E-state index in [0.29, 0.717) is 17.1 Å². The molecule has 1 heterocycles. The van der Waals surface area contributed by atoms with Crippen molar-refractivity contribution in [2.24, 2.45) is 5.73 Å². The van der Waals surface area contributed by atoms with Gasteiger partial charge in [0, 0.05) is 47.6 Å². The minimum absolute atomic E-state index is 0.339. The molecular formula is C24H23N5O2. The maximum Gasteiger partial charge on any atom is 0.323 e. The van der Waals surface area contributed by atoms with Crippen LogP contribution in [0, 0.1) is 0 Å². The van der Waals surface area contributed by atoms with E-state index in [0.717, 1.165) is 27.7 Å². The third-order valence-electron chi connectivity index (χ3n) is 5.00. The average molecular weight is 413 g/mol. The number of anilines is 3. The van der Waals surface area contributed by atoms with Crippen LogP contribution in [0.25, 0.3) is 22.0 Å². The van der Waals surface area contributed by atoms with E-state index in [1.165, 1.54) is 0 Å². The van der Waals surface area contributed by atoms with E-state index >= 15 is 0 Å². The van der Waals surface area contributed by atoms with Crippen molar-refractivity contribution in [3.8, 4) is 11.1 Å². The summed E-state index contributed by atoms with van der Waals surface area (Å²) in [5, 5.41) is 6.57. The Hall–Kier alpha value is -4.26. The van der Waals surface area contributed by atoms with Crippen molar-refractivity contribution in [3.63, 3.8) is 0 Å². The average Bonchev–Trinajstić information content (AvgIpc) is 3.14. The Morgan fingerprint density at radius 3 is 2.29 bits per heavy atom. The van der Waals surface area contributed by atoms with Gasteiger partial charge in [-0.05, 0) is 42.0 Å². The fraction of sp³-hybridized carbons (Fsp3) is 0.0833. The fourth-order valence-electron chi connectivity index (χ4n) is 3.50. The van der Waals surface area contributed by atoms with Gasteiger partial charge in [0.2, 0.25) is 0 Å². The van der Waals surface area contributed by atoms with Crippen molar-refractivity contribution in [1.82, 2.24) is 4.98 Å².